The molecule has 2 rings (SSSR count). The first-order chi connectivity index (χ1) is 8.58. The van der Waals surface area contributed by atoms with E-state index in [4.69, 9.17) is 5.11 Å². The van der Waals surface area contributed by atoms with E-state index in [2.05, 4.69) is 10.3 Å². The van der Waals surface area contributed by atoms with Crippen LogP contribution in [0.3, 0.4) is 0 Å². The monoisotopic (exact) mass is 270 g/mol. The molecule has 0 fully saturated rings. The Kier molecular flexibility index (Phi) is 5.60. The second kappa shape index (κ2) is 6.75. The fraction of sp³-hybridized carbons (Fsp3) is 0.231. The predicted molar refractivity (Wildman–Crippen MR) is 74.4 cm³/mol. The third kappa shape index (κ3) is 3.83. The third-order valence-electron chi connectivity index (χ3n) is 2.77. The van der Waals surface area contributed by atoms with Crippen LogP contribution in [0.2, 0.25) is 0 Å². The number of aromatic nitrogens is 1. The molecule has 0 unspecified atom stereocenters. The molecule has 0 spiro atoms. The Labute approximate surface area is 132 Å². The number of para-hydroxylation sites is 1. The molecule has 2 aromatic rings. The van der Waals surface area contributed by atoms with Gasteiger partial charge in [-0.1, -0.05) is 18.2 Å². The number of hydrogen-bond donors (Lipinski definition) is 3. The number of hydrogen-bond acceptors (Lipinski definition) is 2. The van der Waals surface area contributed by atoms with Crippen LogP contribution in [0, 0.1) is 0 Å². The van der Waals surface area contributed by atoms with Gasteiger partial charge < -0.3 is 15.4 Å². The van der Waals surface area contributed by atoms with E-state index in [0.717, 1.165) is 16.5 Å². The summed E-state index contributed by atoms with van der Waals surface area (Å²) in [6, 6.07) is 6.75. The number of aromatic amines is 1. The Bertz CT molecular complexity index is 594. The maximum absolute atomic E-state index is 11.1. The van der Waals surface area contributed by atoms with Crippen molar-refractivity contribution >= 4 is 52.3 Å². The topological polar surface area (TPSA) is 82.2 Å². The van der Waals surface area contributed by atoms with Crippen LogP contribution in [-0.2, 0) is 16.0 Å². The van der Waals surface area contributed by atoms with E-state index >= 15 is 0 Å². The number of carboxylic acids is 1. The van der Waals surface area contributed by atoms with Crippen LogP contribution in [0.4, 0.5) is 0 Å². The minimum atomic E-state index is -1.03. The van der Waals surface area contributed by atoms with Gasteiger partial charge in [0.05, 0.1) is 0 Å². The van der Waals surface area contributed by atoms with E-state index in [1.165, 1.54) is 6.92 Å². The molecule has 1 aromatic carbocycles. The molecule has 5 nitrogen and oxygen atoms in total. The summed E-state index contributed by atoms with van der Waals surface area (Å²) in [7, 11) is 0. The first-order valence-corrected chi connectivity index (χ1v) is 5.63. The summed E-state index contributed by atoms with van der Waals surface area (Å²) < 4.78 is 0. The molecular weight excluding hydrogens is 255 g/mol. The van der Waals surface area contributed by atoms with E-state index in [0.29, 0.717) is 0 Å². The molecule has 96 valence electrons. The molecule has 0 saturated carbocycles. The molecular formula is C13H15N2NaO3. The zero-order chi connectivity index (χ0) is 13.1. The van der Waals surface area contributed by atoms with Crippen molar-refractivity contribution in [2.24, 2.45) is 0 Å². The number of aliphatic carboxylic acids is 1. The molecule has 6 heteroatoms. The van der Waals surface area contributed by atoms with Gasteiger partial charge in [-0.2, -0.15) is 0 Å². The van der Waals surface area contributed by atoms with Crippen molar-refractivity contribution < 1.29 is 14.7 Å². The summed E-state index contributed by atoms with van der Waals surface area (Å²) in [5.41, 5.74) is 1.84. The van der Waals surface area contributed by atoms with E-state index in [1.807, 2.05) is 24.3 Å². The summed E-state index contributed by atoms with van der Waals surface area (Å²) in [5.74, 6) is -1.38. The van der Waals surface area contributed by atoms with Gasteiger partial charge in [-0.15, -0.1) is 0 Å². The number of rotatable bonds is 4. The number of carboxylic acid groups (broad SMARTS) is 1. The van der Waals surface area contributed by atoms with E-state index in [1.54, 1.807) is 6.20 Å². The first kappa shape index (κ1) is 15.8. The number of H-pyrrole nitrogens is 1. The summed E-state index contributed by atoms with van der Waals surface area (Å²) in [5, 5.41) is 12.5. The van der Waals surface area contributed by atoms with Gasteiger partial charge in [0.15, 0.2) is 0 Å². The van der Waals surface area contributed by atoms with Gasteiger partial charge in [-0.25, -0.2) is 4.79 Å². The summed E-state index contributed by atoms with van der Waals surface area (Å²) in [6.07, 6.45) is 2.04. The van der Waals surface area contributed by atoms with Crippen molar-refractivity contribution in [2.45, 2.75) is 19.4 Å². The molecule has 1 atom stereocenters. The van der Waals surface area contributed by atoms with Crippen LogP contribution in [0.1, 0.15) is 12.5 Å². The SMILES string of the molecule is CC(=O)N[C@@H](Cc1c[nH]c2ccccc12)C(=O)O.[NaH]. The summed E-state index contributed by atoms with van der Waals surface area (Å²) in [4.78, 5) is 25.1. The van der Waals surface area contributed by atoms with Gasteiger partial charge in [0, 0.05) is 30.4 Å². The summed E-state index contributed by atoms with van der Waals surface area (Å²) >= 11 is 0. The van der Waals surface area contributed by atoms with Crippen LogP contribution < -0.4 is 5.32 Å². The van der Waals surface area contributed by atoms with Crippen molar-refractivity contribution in [1.82, 2.24) is 10.3 Å². The molecule has 19 heavy (non-hydrogen) atoms. The number of amides is 1. The van der Waals surface area contributed by atoms with Crippen molar-refractivity contribution in [3.63, 3.8) is 0 Å². The van der Waals surface area contributed by atoms with Crippen molar-refractivity contribution in [2.75, 3.05) is 0 Å². The average Bonchev–Trinajstić information content (AvgIpc) is 2.71. The molecule has 0 aliphatic rings. The molecule has 0 radical (unpaired) electrons. The van der Waals surface area contributed by atoms with Gasteiger partial charge >= 0.3 is 35.5 Å². The van der Waals surface area contributed by atoms with Crippen LogP contribution >= 0.6 is 0 Å². The van der Waals surface area contributed by atoms with Gasteiger partial charge in [0.2, 0.25) is 5.91 Å². The molecule has 0 aliphatic carbocycles. The molecule has 1 amide bonds. The normalized spacial score (nSPS) is 11.6. The number of nitrogens with one attached hydrogen (secondary N) is 2. The second-order valence-electron chi connectivity index (χ2n) is 4.15. The molecule has 0 saturated heterocycles. The summed E-state index contributed by atoms with van der Waals surface area (Å²) in [6.45, 7) is 1.31. The number of carbonyl (C=O) groups is 2. The zero-order valence-electron chi connectivity index (χ0n) is 9.93. The van der Waals surface area contributed by atoms with Crippen molar-refractivity contribution in [1.29, 1.82) is 0 Å². The third-order valence-corrected chi connectivity index (χ3v) is 2.77. The quantitative estimate of drug-likeness (QED) is 0.713. The molecule has 3 N–H and O–H groups in total. The zero-order valence-corrected chi connectivity index (χ0v) is 9.93. The fourth-order valence-electron chi connectivity index (χ4n) is 1.97. The number of carbonyl (C=O) groups excluding carboxylic acids is 1. The van der Waals surface area contributed by atoms with E-state index in [9.17, 15) is 9.59 Å². The van der Waals surface area contributed by atoms with Crippen molar-refractivity contribution in [3.05, 3.63) is 36.0 Å². The minimum absolute atomic E-state index is 0. The first-order valence-electron chi connectivity index (χ1n) is 5.63. The second-order valence-corrected chi connectivity index (χ2v) is 4.15. The van der Waals surface area contributed by atoms with Gasteiger partial charge in [0.25, 0.3) is 0 Å². The molecule has 1 heterocycles. The van der Waals surface area contributed by atoms with Crippen LogP contribution in [-0.4, -0.2) is 57.6 Å². The Balaban J connectivity index is 0.00000180. The maximum atomic E-state index is 11.1. The van der Waals surface area contributed by atoms with Crippen molar-refractivity contribution in [3.8, 4) is 0 Å². The van der Waals surface area contributed by atoms with Gasteiger partial charge in [0.1, 0.15) is 6.04 Å². The molecule has 1 aromatic heterocycles. The molecule has 0 bridgehead atoms. The number of benzene rings is 1. The van der Waals surface area contributed by atoms with Crippen LogP contribution in [0.5, 0.6) is 0 Å². The Morgan fingerprint density at radius 2 is 2.05 bits per heavy atom. The van der Waals surface area contributed by atoms with Crippen LogP contribution in [0.15, 0.2) is 30.5 Å². The van der Waals surface area contributed by atoms with Crippen LogP contribution in [0.25, 0.3) is 10.9 Å². The van der Waals surface area contributed by atoms with E-state index in [-0.39, 0.29) is 41.9 Å². The fourth-order valence-corrected chi connectivity index (χ4v) is 1.97. The Morgan fingerprint density at radius 1 is 1.37 bits per heavy atom. The van der Waals surface area contributed by atoms with Gasteiger partial charge in [-0.05, 0) is 11.6 Å². The number of fused-ring (bicyclic) bond motifs is 1. The average molecular weight is 270 g/mol. The molecule has 0 aliphatic heterocycles. The Morgan fingerprint density at radius 3 is 2.68 bits per heavy atom. The Hall–Kier alpha value is -1.30. The standard InChI is InChI=1S/C13H14N2O3.Na.H/c1-8(16)15-12(13(17)18)6-9-7-14-11-5-3-2-4-10(9)11;;/h2-5,7,12,14H,6H2,1H3,(H,15,16)(H,17,18);;/t12-;;/m0../s1. The van der Waals surface area contributed by atoms with E-state index < -0.39 is 12.0 Å². The predicted octanol–water partition coefficient (Wildman–Crippen LogP) is 0.651. The van der Waals surface area contributed by atoms with Gasteiger partial charge in [-0.3, -0.25) is 4.79 Å².